The van der Waals surface area contributed by atoms with Crippen LogP contribution in [-0.4, -0.2) is 0 Å². The van der Waals surface area contributed by atoms with Crippen molar-refractivity contribution in [1.29, 1.82) is 0 Å². The van der Waals surface area contributed by atoms with Crippen LogP contribution in [0.4, 0.5) is 5.69 Å². The maximum atomic E-state index is 6.05. The van der Waals surface area contributed by atoms with Crippen LogP contribution in [0.15, 0.2) is 36.4 Å². The first-order valence-electron chi connectivity index (χ1n) is 5.23. The first kappa shape index (κ1) is 8.54. The SMILES string of the molecule is Cc1cc(N)c2c(c1)-c1ccccc1C2. The van der Waals surface area contributed by atoms with Crippen molar-refractivity contribution < 1.29 is 0 Å². The summed E-state index contributed by atoms with van der Waals surface area (Å²) in [7, 11) is 0. The largest absolute Gasteiger partial charge is 0.398 e. The maximum Gasteiger partial charge on any atom is 0.0358 e. The molecule has 0 unspecified atom stereocenters. The molecular formula is C14H13N. The fraction of sp³-hybridized carbons (Fsp3) is 0.143. The Morgan fingerprint density at radius 2 is 1.87 bits per heavy atom. The van der Waals surface area contributed by atoms with E-state index in [4.69, 9.17) is 5.73 Å². The van der Waals surface area contributed by atoms with E-state index in [-0.39, 0.29) is 0 Å². The molecular weight excluding hydrogens is 182 g/mol. The van der Waals surface area contributed by atoms with Crippen LogP contribution in [0.1, 0.15) is 16.7 Å². The summed E-state index contributed by atoms with van der Waals surface area (Å²) in [5, 5.41) is 0. The molecule has 0 aromatic heterocycles. The van der Waals surface area contributed by atoms with Crippen LogP contribution in [0.3, 0.4) is 0 Å². The number of nitrogen functional groups attached to an aromatic ring is 1. The van der Waals surface area contributed by atoms with Gasteiger partial charge in [-0.05, 0) is 40.8 Å². The maximum absolute atomic E-state index is 6.05. The number of benzene rings is 2. The molecule has 1 aliphatic rings. The van der Waals surface area contributed by atoms with Gasteiger partial charge in [0.1, 0.15) is 0 Å². The predicted molar refractivity (Wildman–Crippen MR) is 63.8 cm³/mol. The van der Waals surface area contributed by atoms with Crippen molar-refractivity contribution in [1.82, 2.24) is 0 Å². The van der Waals surface area contributed by atoms with Crippen LogP contribution in [0.25, 0.3) is 11.1 Å². The number of hydrogen-bond donors (Lipinski definition) is 1. The minimum atomic E-state index is 0.932. The zero-order chi connectivity index (χ0) is 10.4. The third kappa shape index (κ3) is 1.16. The van der Waals surface area contributed by atoms with Gasteiger partial charge in [0.15, 0.2) is 0 Å². The molecule has 0 bridgehead atoms. The van der Waals surface area contributed by atoms with E-state index in [1.807, 2.05) is 0 Å². The zero-order valence-corrected chi connectivity index (χ0v) is 8.75. The minimum absolute atomic E-state index is 0.932. The van der Waals surface area contributed by atoms with E-state index in [1.165, 1.54) is 27.8 Å². The number of rotatable bonds is 0. The average molecular weight is 195 g/mol. The second-order valence-corrected chi connectivity index (χ2v) is 4.21. The topological polar surface area (TPSA) is 26.0 Å². The highest BCUT2D eigenvalue weighted by Crippen LogP contribution is 2.39. The quantitative estimate of drug-likeness (QED) is 0.548. The lowest BCUT2D eigenvalue weighted by Gasteiger charge is -2.05. The summed E-state index contributed by atoms with van der Waals surface area (Å²) in [5.41, 5.74) is 13.6. The third-order valence-corrected chi connectivity index (χ3v) is 3.10. The van der Waals surface area contributed by atoms with E-state index in [1.54, 1.807) is 0 Å². The Hall–Kier alpha value is -1.76. The summed E-state index contributed by atoms with van der Waals surface area (Å²) >= 11 is 0. The summed E-state index contributed by atoms with van der Waals surface area (Å²) in [5.74, 6) is 0. The molecule has 2 N–H and O–H groups in total. The van der Waals surface area contributed by atoms with Gasteiger partial charge in [-0.2, -0.15) is 0 Å². The first-order chi connectivity index (χ1) is 7.25. The van der Waals surface area contributed by atoms with Crippen molar-refractivity contribution in [3.63, 3.8) is 0 Å². The van der Waals surface area contributed by atoms with E-state index in [0.717, 1.165) is 12.1 Å². The van der Waals surface area contributed by atoms with Crippen molar-refractivity contribution in [3.05, 3.63) is 53.1 Å². The van der Waals surface area contributed by atoms with Crippen molar-refractivity contribution in [2.75, 3.05) is 5.73 Å². The number of fused-ring (bicyclic) bond motifs is 3. The minimum Gasteiger partial charge on any atom is -0.398 e. The molecule has 2 aromatic carbocycles. The second-order valence-electron chi connectivity index (χ2n) is 4.21. The van der Waals surface area contributed by atoms with Crippen molar-refractivity contribution >= 4 is 5.69 Å². The van der Waals surface area contributed by atoms with Gasteiger partial charge >= 0.3 is 0 Å². The third-order valence-electron chi connectivity index (χ3n) is 3.10. The molecule has 0 fully saturated rings. The Morgan fingerprint density at radius 1 is 1.07 bits per heavy atom. The van der Waals surface area contributed by atoms with Gasteiger partial charge < -0.3 is 5.73 Å². The molecule has 0 saturated carbocycles. The molecule has 0 spiro atoms. The number of nitrogens with two attached hydrogens (primary N) is 1. The lowest BCUT2D eigenvalue weighted by Crippen LogP contribution is -1.93. The molecule has 1 aliphatic carbocycles. The van der Waals surface area contributed by atoms with E-state index in [0.29, 0.717) is 0 Å². The number of anilines is 1. The summed E-state index contributed by atoms with van der Waals surface area (Å²) in [6, 6.07) is 12.8. The highest BCUT2D eigenvalue weighted by atomic mass is 14.6. The van der Waals surface area contributed by atoms with Gasteiger partial charge in [0.25, 0.3) is 0 Å². The van der Waals surface area contributed by atoms with Crippen LogP contribution in [0, 0.1) is 6.92 Å². The van der Waals surface area contributed by atoms with Gasteiger partial charge in [-0.3, -0.25) is 0 Å². The van der Waals surface area contributed by atoms with Gasteiger partial charge in [-0.25, -0.2) is 0 Å². The molecule has 0 radical (unpaired) electrons. The lowest BCUT2D eigenvalue weighted by atomic mass is 10.0. The molecule has 0 saturated heterocycles. The van der Waals surface area contributed by atoms with Crippen LogP contribution < -0.4 is 5.73 Å². The smallest absolute Gasteiger partial charge is 0.0358 e. The highest BCUT2D eigenvalue weighted by molar-refractivity contribution is 5.81. The first-order valence-corrected chi connectivity index (χ1v) is 5.23. The standard InChI is InChI=1S/C14H13N/c1-9-6-12-11-5-3-2-4-10(11)8-13(12)14(15)7-9/h2-7H,8,15H2,1H3. The van der Waals surface area contributed by atoms with Crippen LogP contribution in [0.5, 0.6) is 0 Å². The monoisotopic (exact) mass is 195 g/mol. The van der Waals surface area contributed by atoms with Gasteiger partial charge in [-0.15, -0.1) is 0 Å². The molecule has 2 aromatic rings. The number of hydrogen-bond acceptors (Lipinski definition) is 1. The lowest BCUT2D eigenvalue weighted by molar-refractivity contribution is 1.26. The molecule has 0 amide bonds. The van der Waals surface area contributed by atoms with Crippen LogP contribution >= 0.6 is 0 Å². The van der Waals surface area contributed by atoms with E-state index >= 15 is 0 Å². The van der Waals surface area contributed by atoms with E-state index in [2.05, 4.69) is 43.3 Å². The van der Waals surface area contributed by atoms with E-state index < -0.39 is 0 Å². The Bertz CT molecular complexity index is 541. The fourth-order valence-corrected chi connectivity index (χ4v) is 2.41. The Kier molecular flexibility index (Phi) is 1.63. The summed E-state index contributed by atoms with van der Waals surface area (Å²) in [6.07, 6.45) is 0.984. The second kappa shape index (κ2) is 2.86. The number of aryl methyl sites for hydroxylation is 1. The van der Waals surface area contributed by atoms with Gasteiger partial charge in [0, 0.05) is 12.1 Å². The summed E-state index contributed by atoms with van der Waals surface area (Å²) < 4.78 is 0. The van der Waals surface area contributed by atoms with E-state index in [9.17, 15) is 0 Å². The average Bonchev–Trinajstić information content (AvgIpc) is 2.57. The summed E-state index contributed by atoms with van der Waals surface area (Å²) in [6.45, 7) is 2.09. The zero-order valence-electron chi connectivity index (χ0n) is 8.75. The molecule has 1 nitrogen and oxygen atoms in total. The molecule has 1 heteroatoms. The molecule has 3 rings (SSSR count). The van der Waals surface area contributed by atoms with Crippen molar-refractivity contribution in [2.45, 2.75) is 13.3 Å². The van der Waals surface area contributed by atoms with Crippen LogP contribution in [-0.2, 0) is 6.42 Å². The Labute approximate surface area is 89.6 Å². The predicted octanol–water partition coefficient (Wildman–Crippen LogP) is 3.15. The Morgan fingerprint density at radius 3 is 2.73 bits per heavy atom. The fourth-order valence-electron chi connectivity index (χ4n) is 2.41. The molecule has 15 heavy (non-hydrogen) atoms. The molecule has 0 aliphatic heterocycles. The summed E-state index contributed by atoms with van der Waals surface area (Å²) in [4.78, 5) is 0. The van der Waals surface area contributed by atoms with Crippen molar-refractivity contribution in [3.8, 4) is 11.1 Å². The molecule has 0 heterocycles. The highest BCUT2D eigenvalue weighted by Gasteiger charge is 2.19. The molecule has 74 valence electrons. The van der Waals surface area contributed by atoms with Crippen LogP contribution in [0.2, 0.25) is 0 Å². The molecule has 0 atom stereocenters. The van der Waals surface area contributed by atoms with Gasteiger partial charge in [0.05, 0.1) is 0 Å². The van der Waals surface area contributed by atoms with Gasteiger partial charge in [0.2, 0.25) is 0 Å². The van der Waals surface area contributed by atoms with Gasteiger partial charge in [-0.1, -0.05) is 30.3 Å². The van der Waals surface area contributed by atoms with Crippen molar-refractivity contribution in [2.24, 2.45) is 0 Å². The normalized spacial score (nSPS) is 12.3. The Balaban J connectivity index is 2.33.